The zero-order valence-corrected chi connectivity index (χ0v) is 13.7. The Labute approximate surface area is 132 Å². The van der Waals surface area contributed by atoms with E-state index in [1.807, 2.05) is 26.8 Å². The molecule has 5 heteroatoms. The van der Waals surface area contributed by atoms with Gasteiger partial charge in [-0.15, -0.1) is 0 Å². The molecule has 1 aliphatic carbocycles. The first-order chi connectivity index (χ1) is 10.6. The maximum absolute atomic E-state index is 12.6. The molecule has 1 heterocycles. The van der Waals surface area contributed by atoms with Gasteiger partial charge in [0, 0.05) is 12.7 Å². The van der Waals surface area contributed by atoms with Crippen LogP contribution in [0, 0.1) is 5.92 Å². The van der Waals surface area contributed by atoms with Crippen LogP contribution in [0.4, 0.5) is 5.69 Å². The highest BCUT2D eigenvalue weighted by molar-refractivity contribution is 5.97. The van der Waals surface area contributed by atoms with E-state index in [4.69, 9.17) is 9.47 Å². The molecule has 5 nitrogen and oxygen atoms in total. The van der Waals surface area contributed by atoms with E-state index in [9.17, 15) is 4.79 Å². The summed E-state index contributed by atoms with van der Waals surface area (Å²) in [5.74, 6) is 0.804. The molecule has 1 atom stereocenters. The molecule has 1 aromatic rings. The van der Waals surface area contributed by atoms with E-state index in [1.54, 1.807) is 12.3 Å². The molecule has 22 heavy (non-hydrogen) atoms. The Morgan fingerprint density at radius 2 is 2.05 bits per heavy atom. The number of pyridine rings is 1. The second kappa shape index (κ2) is 7.58. The highest BCUT2D eigenvalue weighted by Crippen LogP contribution is 2.42. The van der Waals surface area contributed by atoms with Crippen molar-refractivity contribution in [3.8, 4) is 5.88 Å². The van der Waals surface area contributed by atoms with Crippen LogP contribution in [0.15, 0.2) is 18.3 Å². The van der Waals surface area contributed by atoms with Crippen molar-refractivity contribution >= 4 is 11.6 Å². The van der Waals surface area contributed by atoms with E-state index in [-0.39, 0.29) is 5.91 Å². The van der Waals surface area contributed by atoms with E-state index in [2.05, 4.69) is 10.3 Å². The van der Waals surface area contributed by atoms with Crippen LogP contribution in [0.2, 0.25) is 0 Å². The highest BCUT2D eigenvalue weighted by atomic mass is 16.5. The van der Waals surface area contributed by atoms with Crippen LogP contribution >= 0.6 is 0 Å². The Morgan fingerprint density at radius 1 is 1.32 bits per heavy atom. The smallest absolute Gasteiger partial charge is 0.256 e. The zero-order chi connectivity index (χ0) is 16.0. The van der Waals surface area contributed by atoms with Crippen LogP contribution in [0.5, 0.6) is 5.88 Å². The van der Waals surface area contributed by atoms with Crippen LogP contribution in [0.25, 0.3) is 0 Å². The fourth-order valence-electron chi connectivity index (χ4n) is 2.32. The molecule has 1 aliphatic rings. The van der Waals surface area contributed by atoms with Gasteiger partial charge in [-0.1, -0.05) is 13.8 Å². The Hall–Kier alpha value is -1.62. The number of hydrogen-bond donors (Lipinski definition) is 1. The fourth-order valence-corrected chi connectivity index (χ4v) is 2.32. The summed E-state index contributed by atoms with van der Waals surface area (Å²) in [7, 11) is 0. The lowest BCUT2D eigenvalue weighted by molar-refractivity contribution is -0.142. The second-order valence-electron chi connectivity index (χ2n) is 5.92. The van der Waals surface area contributed by atoms with Crippen LogP contribution < -0.4 is 10.1 Å². The SMILES string of the molecule is CCCOc1ccc(NC(=O)C(C)(OCCC)C2CC2)cn1. The third kappa shape index (κ3) is 4.19. The quantitative estimate of drug-likeness (QED) is 0.759. The van der Waals surface area contributed by atoms with Crippen molar-refractivity contribution in [2.75, 3.05) is 18.5 Å². The zero-order valence-electron chi connectivity index (χ0n) is 13.7. The molecule has 0 radical (unpaired) electrons. The normalized spacial score (nSPS) is 16.9. The summed E-state index contributed by atoms with van der Waals surface area (Å²) in [6.45, 7) is 7.22. The first-order valence-electron chi connectivity index (χ1n) is 8.14. The number of nitrogens with one attached hydrogen (secondary N) is 1. The summed E-state index contributed by atoms with van der Waals surface area (Å²) < 4.78 is 11.3. The number of carbonyl (C=O) groups is 1. The molecule has 1 amide bonds. The molecule has 122 valence electrons. The molecule has 1 saturated carbocycles. The fraction of sp³-hybridized carbons (Fsp3) is 0.647. The predicted octanol–water partition coefficient (Wildman–Crippen LogP) is 3.40. The van der Waals surface area contributed by atoms with Gasteiger partial charge in [-0.3, -0.25) is 4.79 Å². The lowest BCUT2D eigenvalue weighted by Gasteiger charge is -2.28. The van der Waals surface area contributed by atoms with Crippen LogP contribution in [-0.4, -0.2) is 29.7 Å². The molecule has 1 N–H and O–H groups in total. The summed E-state index contributed by atoms with van der Waals surface area (Å²) in [4.78, 5) is 16.8. The molecule has 1 aromatic heterocycles. The van der Waals surface area contributed by atoms with Crippen molar-refractivity contribution in [2.45, 2.75) is 52.1 Å². The van der Waals surface area contributed by atoms with Gasteiger partial charge in [0.15, 0.2) is 0 Å². The van der Waals surface area contributed by atoms with Gasteiger partial charge in [-0.05, 0) is 44.6 Å². The number of hydrogen-bond acceptors (Lipinski definition) is 4. The number of aromatic nitrogens is 1. The molecular formula is C17H26N2O3. The van der Waals surface area contributed by atoms with Crippen LogP contribution in [-0.2, 0) is 9.53 Å². The standard InChI is InChI=1S/C17H26N2O3/c1-4-10-21-15-9-8-14(12-18-15)19-16(20)17(3,13-6-7-13)22-11-5-2/h8-9,12-13H,4-7,10-11H2,1-3H3,(H,19,20). The van der Waals surface area contributed by atoms with E-state index in [0.29, 0.717) is 30.7 Å². The first kappa shape index (κ1) is 16.7. The molecule has 1 unspecified atom stereocenters. The summed E-state index contributed by atoms with van der Waals surface area (Å²) >= 11 is 0. The largest absolute Gasteiger partial charge is 0.478 e. The summed E-state index contributed by atoms with van der Waals surface area (Å²) in [5.41, 5.74) is -0.0752. The maximum atomic E-state index is 12.6. The number of ether oxygens (including phenoxy) is 2. The van der Waals surface area contributed by atoms with E-state index in [0.717, 1.165) is 25.7 Å². The molecule has 1 fully saturated rings. The van der Waals surface area contributed by atoms with Crippen molar-refractivity contribution in [1.29, 1.82) is 0 Å². The van der Waals surface area contributed by atoms with Gasteiger partial charge < -0.3 is 14.8 Å². The molecule has 0 aromatic carbocycles. The Morgan fingerprint density at radius 3 is 2.59 bits per heavy atom. The van der Waals surface area contributed by atoms with Gasteiger partial charge in [0.25, 0.3) is 5.91 Å². The molecule has 0 bridgehead atoms. The second-order valence-corrected chi connectivity index (χ2v) is 5.92. The third-order valence-electron chi connectivity index (χ3n) is 3.86. The van der Waals surface area contributed by atoms with Gasteiger partial charge in [-0.25, -0.2) is 4.98 Å². The van der Waals surface area contributed by atoms with Gasteiger partial charge in [0.05, 0.1) is 18.5 Å². The molecule has 0 aliphatic heterocycles. The number of nitrogens with zero attached hydrogens (tertiary/aromatic N) is 1. The third-order valence-corrected chi connectivity index (χ3v) is 3.86. The van der Waals surface area contributed by atoms with Crippen molar-refractivity contribution in [2.24, 2.45) is 5.92 Å². The maximum Gasteiger partial charge on any atom is 0.256 e. The van der Waals surface area contributed by atoms with Crippen LogP contribution in [0.3, 0.4) is 0 Å². The predicted molar refractivity (Wildman–Crippen MR) is 86.0 cm³/mol. The Balaban J connectivity index is 1.97. The van der Waals surface area contributed by atoms with Gasteiger partial charge in [0.1, 0.15) is 5.60 Å². The average Bonchev–Trinajstić information content (AvgIpc) is 3.37. The Bertz CT molecular complexity index is 485. The van der Waals surface area contributed by atoms with Gasteiger partial charge >= 0.3 is 0 Å². The molecule has 0 spiro atoms. The minimum atomic E-state index is -0.743. The number of carbonyl (C=O) groups excluding carboxylic acids is 1. The lowest BCUT2D eigenvalue weighted by atomic mass is 9.99. The molecule has 2 rings (SSSR count). The summed E-state index contributed by atoms with van der Waals surface area (Å²) in [6.07, 6.45) is 5.57. The average molecular weight is 306 g/mol. The summed E-state index contributed by atoms with van der Waals surface area (Å²) in [6, 6.07) is 3.58. The first-order valence-corrected chi connectivity index (χ1v) is 8.14. The van der Waals surface area contributed by atoms with Gasteiger partial charge in [0.2, 0.25) is 5.88 Å². The number of anilines is 1. The van der Waals surface area contributed by atoms with E-state index < -0.39 is 5.60 Å². The molecular weight excluding hydrogens is 280 g/mol. The number of amides is 1. The van der Waals surface area contributed by atoms with E-state index >= 15 is 0 Å². The van der Waals surface area contributed by atoms with Crippen molar-refractivity contribution in [3.63, 3.8) is 0 Å². The van der Waals surface area contributed by atoms with Crippen LogP contribution in [0.1, 0.15) is 46.5 Å². The van der Waals surface area contributed by atoms with Crippen molar-refractivity contribution < 1.29 is 14.3 Å². The number of rotatable bonds is 9. The monoisotopic (exact) mass is 306 g/mol. The topological polar surface area (TPSA) is 60.5 Å². The van der Waals surface area contributed by atoms with Crippen molar-refractivity contribution in [3.05, 3.63) is 18.3 Å². The summed E-state index contributed by atoms with van der Waals surface area (Å²) in [5, 5.41) is 2.91. The lowest BCUT2D eigenvalue weighted by Crippen LogP contribution is -2.45. The molecule has 0 saturated heterocycles. The van der Waals surface area contributed by atoms with E-state index in [1.165, 1.54) is 0 Å². The minimum Gasteiger partial charge on any atom is -0.478 e. The minimum absolute atomic E-state index is 0.0903. The van der Waals surface area contributed by atoms with Gasteiger partial charge in [-0.2, -0.15) is 0 Å². The van der Waals surface area contributed by atoms with Crippen molar-refractivity contribution in [1.82, 2.24) is 4.98 Å². The Kier molecular flexibility index (Phi) is 5.77. The highest BCUT2D eigenvalue weighted by Gasteiger charge is 2.48.